The maximum absolute atomic E-state index is 10.8. The Morgan fingerprint density at radius 2 is 1.93 bits per heavy atom. The van der Waals surface area contributed by atoms with Crippen LogP contribution in [-0.4, -0.2) is 20.4 Å². The first kappa shape index (κ1) is 20.7. The monoisotopic (exact) mass is 501 g/mol. The van der Waals surface area contributed by atoms with Gasteiger partial charge in [-0.05, 0) is 72.9 Å². The zero-order valence-corrected chi connectivity index (χ0v) is 18.2. The first-order chi connectivity index (χ1) is 14.0. The van der Waals surface area contributed by atoms with Gasteiger partial charge in [0.05, 0.1) is 22.0 Å². The number of halogens is 1. The zero-order chi connectivity index (χ0) is 20.8. The Kier molecular flexibility index (Phi) is 6.76. The van der Waals surface area contributed by atoms with E-state index in [-0.39, 0.29) is 5.69 Å². The molecule has 1 N–H and O–H groups in total. The Bertz CT molecular complexity index is 1050. The molecule has 3 rings (SSSR count). The second-order valence-electron chi connectivity index (χ2n) is 6.28. The number of aromatic nitrogens is 2. The van der Waals surface area contributed by atoms with Crippen molar-refractivity contribution >= 4 is 45.8 Å². The molecule has 1 aromatic heterocycles. The molecule has 8 heteroatoms. The summed E-state index contributed by atoms with van der Waals surface area (Å²) >= 11 is 2.26. The quantitative estimate of drug-likeness (QED) is 0.207. The molecule has 29 heavy (non-hydrogen) atoms. The van der Waals surface area contributed by atoms with Crippen LogP contribution in [0.5, 0.6) is 0 Å². The average Bonchev–Trinajstić information content (AvgIpc) is 3.09. The van der Waals surface area contributed by atoms with Crippen LogP contribution in [0.15, 0.2) is 65.9 Å². The summed E-state index contributed by atoms with van der Waals surface area (Å²) in [6.45, 7) is 4.84. The third-order valence-corrected chi connectivity index (χ3v) is 4.97. The molecule has 0 amide bonds. The molecule has 0 saturated carbocycles. The zero-order valence-electron chi connectivity index (χ0n) is 16.0. The molecule has 148 valence electrons. The molecule has 0 aliphatic carbocycles. The van der Waals surface area contributed by atoms with E-state index in [1.165, 1.54) is 12.1 Å². The van der Waals surface area contributed by atoms with Crippen LogP contribution in [0.1, 0.15) is 23.7 Å². The maximum Gasteiger partial charge on any atom is 0.269 e. The van der Waals surface area contributed by atoms with Gasteiger partial charge in [-0.1, -0.05) is 12.1 Å². The van der Waals surface area contributed by atoms with Gasteiger partial charge in [-0.2, -0.15) is 10.2 Å². The number of allylic oxidation sites excluding steroid dienone is 1. The Labute approximate surface area is 182 Å². The van der Waals surface area contributed by atoms with Crippen molar-refractivity contribution in [2.24, 2.45) is 5.10 Å². The number of non-ortho nitro benzene ring substituents is 1. The van der Waals surface area contributed by atoms with Crippen LogP contribution in [0.25, 0.3) is 6.08 Å². The molecule has 1 heterocycles. The number of rotatable bonds is 7. The van der Waals surface area contributed by atoms with Gasteiger partial charge in [0.15, 0.2) is 0 Å². The Balaban J connectivity index is 1.88. The van der Waals surface area contributed by atoms with Crippen molar-refractivity contribution in [3.05, 3.63) is 91.3 Å². The summed E-state index contributed by atoms with van der Waals surface area (Å²) in [5, 5.41) is 19.8. The molecular formula is C21H20IN5O2. The molecule has 0 radical (unpaired) electrons. The van der Waals surface area contributed by atoms with Crippen molar-refractivity contribution in [3.63, 3.8) is 0 Å². The highest BCUT2D eigenvalue weighted by Gasteiger charge is 2.06. The highest BCUT2D eigenvalue weighted by Crippen LogP contribution is 2.17. The Hall–Kier alpha value is -3.01. The largest absolute Gasteiger partial charge is 0.278 e. The van der Waals surface area contributed by atoms with Crippen LogP contribution < -0.4 is 5.43 Å². The third-order valence-electron chi connectivity index (χ3n) is 4.25. The highest BCUT2D eigenvalue weighted by atomic mass is 127. The van der Waals surface area contributed by atoms with Crippen molar-refractivity contribution in [3.8, 4) is 0 Å². The lowest BCUT2D eigenvalue weighted by Crippen LogP contribution is -2.01. The van der Waals surface area contributed by atoms with E-state index in [2.05, 4.69) is 38.2 Å². The van der Waals surface area contributed by atoms with Gasteiger partial charge < -0.3 is 0 Å². The van der Waals surface area contributed by atoms with Crippen LogP contribution in [0.2, 0.25) is 0 Å². The third kappa shape index (κ3) is 5.50. The first-order valence-corrected chi connectivity index (χ1v) is 10.1. The van der Waals surface area contributed by atoms with Gasteiger partial charge in [0, 0.05) is 39.6 Å². The normalized spacial score (nSPS) is 11.8. The van der Waals surface area contributed by atoms with Crippen LogP contribution in [0, 0.1) is 20.6 Å². The number of nitro benzene ring substituents is 1. The van der Waals surface area contributed by atoms with Crippen molar-refractivity contribution in [1.29, 1.82) is 0 Å². The number of hydrogen-bond donors (Lipinski definition) is 1. The second-order valence-corrected chi connectivity index (χ2v) is 7.52. The predicted octanol–water partition coefficient (Wildman–Crippen LogP) is 5.25. The van der Waals surface area contributed by atoms with Crippen molar-refractivity contribution < 1.29 is 4.92 Å². The lowest BCUT2D eigenvalue weighted by molar-refractivity contribution is -0.384. The second kappa shape index (κ2) is 9.46. The van der Waals surface area contributed by atoms with Crippen molar-refractivity contribution in [2.75, 3.05) is 5.43 Å². The summed E-state index contributed by atoms with van der Waals surface area (Å²) in [4.78, 5) is 10.4. The van der Waals surface area contributed by atoms with Gasteiger partial charge in [0.1, 0.15) is 0 Å². The van der Waals surface area contributed by atoms with Crippen LogP contribution in [0.3, 0.4) is 0 Å². The van der Waals surface area contributed by atoms with Gasteiger partial charge in [0.2, 0.25) is 0 Å². The fraction of sp³-hybridized carbons (Fsp3) is 0.143. The van der Waals surface area contributed by atoms with Crippen molar-refractivity contribution in [2.45, 2.75) is 20.4 Å². The van der Waals surface area contributed by atoms with E-state index in [0.29, 0.717) is 5.69 Å². The van der Waals surface area contributed by atoms with Gasteiger partial charge >= 0.3 is 0 Å². The first-order valence-electron chi connectivity index (χ1n) is 9.02. The minimum atomic E-state index is -0.425. The number of aryl methyl sites for hydroxylation is 2. The van der Waals surface area contributed by atoms with Gasteiger partial charge in [0.25, 0.3) is 5.69 Å². The van der Waals surface area contributed by atoms with E-state index in [9.17, 15) is 10.1 Å². The molecule has 0 atom stereocenters. The van der Waals surface area contributed by atoms with E-state index in [0.717, 1.165) is 32.6 Å². The van der Waals surface area contributed by atoms with E-state index in [1.807, 2.05) is 61.1 Å². The van der Waals surface area contributed by atoms with Crippen LogP contribution >= 0.6 is 22.6 Å². The van der Waals surface area contributed by atoms with Gasteiger partial charge in [-0.25, -0.2) is 0 Å². The number of hydrogen-bond acceptors (Lipinski definition) is 5. The Morgan fingerprint density at radius 1 is 1.24 bits per heavy atom. The molecule has 0 bridgehead atoms. The number of nitrogens with zero attached hydrogens (tertiary/aromatic N) is 4. The SMILES string of the molecule is CCn1cc(/C=C/C(=N/Nc2ccc([N+](=O)[O-])cc2)c2ccc(I)cc2)c(C)n1. The summed E-state index contributed by atoms with van der Waals surface area (Å²) in [7, 11) is 0. The van der Waals surface area contributed by atoms with E-state index in [1.54, 1.807) is 12.1 Å². The molecular weight excluding hydrogens is 481 g/mol. The average molecular weight is 501 g/mol. The molecule has 0 unspecified atom stereocenters. The standard InChI is InChI=1S/C21H20IN5O2/c1-3-26-14-17(15(2)25-26)6-13-21(16-4-7-18(22)8-5-16)24-23-19-9-11-20(12-10-19)27(28)29/h4-14,23H,3H2,1-2H3/b13-6+,24-21-. The van der Waals surface area contributed by atoms with E-state index < -0.39 is 4.92 Å². The van der Waals surface area contributed by atoms with Crippen LogP contribution in [-0.2, 0) is 6.54 Å². The molecule has 0 aliphatic heterocycles. The van der Waals surface area contributed by atoms with Gasteiger partial charge in [-0.15, -0.1) is 0 Å². The number of benzene rings is 2. The molecule has 0 fully saturated rings. The summed E-state index contributed by atoms with van der Waals surface area (Å²) in [6, 6.07) is 14.2. The van der Waals surface area contributed by atoms with Crippen LogP contribution in [0.4, 0.5) is 11.4 Å². The maximum atomic E-state index is 10.8. The number of nitro groups is 1. The molecule has 3 aromatic rings. The summed E-state index contributed by atoms with van der Waals surface area (Å²) in [6.07, 6.45) is 5.93. The fourth-order valence-corrected chi connectivity index (χ4v) is 2.99. The van der Waals surface area contributed by atoms with Crippen molar-refractivity contribution in [1.82, 2.24) is 9.78 Å². The minimum Gasteiger partial charge on any atom is -0.278 e. The highest BCUT2D eigenvalue weighted by molar-refractivity contribution is 14.1. The topological polar surface area (TPSA) is 85.3 Å². The number of nitrogens with one attached hydrogen (secondary N) is 1. The molecule has 0 saturated heterocycles. The smallest absolute Gasteiger partial charge is 0.269 e. The molecule has 2 aromatic carbocycles. The summed E-state index contributed by atoms with van der Waals surface area (Å²) < 4.78 is 3.03. The molecule has 7 nitrogen and oxygen atoms in total. The summed E-state index contributed by atoms with van der Waals surface area (Å²) in [5.41, 5.74) is 7.37. The lowest BCUT2D eigenvalue weighted by atomic mass is 10.1. The lowest BCUT2D eigenvalue weighted by Gasteiger charge is -2.05. The summed E-state index contributed by atoms with van der Waals surface area (Å²) in [5.74, 6) is 0. The van der Waals surface area contributed by atoms with E-state index in [4.69, 9.17) is 0 Å². The molecule has 0 spiro atoms. The van der Waals surface area contributed by atoms with Gasteiger partial charge in [-0.3, -0.25) is 20.2 Å². The predicted molar refractivity (Wildman–Crippen MR) is 124 cm³/mol. The number of anilines is 1. The Morgan fingerprint density at radius 3 is 2.52 bits per heavy atom. The fourth-order valence-electron chi connectivity index (χ4n) is 2.63. The minimum absolute atomic E-state index is 0.0423. The number of hydrazone groups is 1. The van der Waals surface area contributed by atoms with E-state index >= 15 is 0 Å². The molecule has 0 aliphatic rings.